The second-order valence-corrected chi connectivity index (χ2v) is 5.89. The highest BCUT2D eigenvalue weighted by molar-refractivity contribution is 6.09. The summed E-state index contributed by atoms with van der Waals surface area (Å²) in [6.45, 7) is 4.08. The fourth-order valence-corrected chi connectivity index (χ4v) is 3.10. The topological polar surface area (TPSA) is 70.6 Å². The molecule has 1 unspecified atom stereocenters. The van der Waals surface area contributed by atoms with Gasteiger partial charge in [-0.05, 0) is 36.6 Å². The molecule has 2 aliphatic rings. The van der Waals surface area contributed by atoms with Crippen molar-refractivity contribution < 1.29 is 9.59 Å². The van der Waals surface area contributed by atoms with Gasteiger partial charge in [-0.2, -0.15) is 5.10 Å². The third-order valence-corrected chi connectivity index (χ3v) is 4.35. The Kier molecular flexibility index (Phi) is 3.27. The number of carbonyl (C=O) groups excluding carboxylic acids is 2. The van der Waals surface area contributed by atoms with Gasteiger partial charge in [-0.25, -0.2) is 5.43 Å². The molecule has 21 heavy (non-hydrogen) atoms. The van der Waals surface area contributed by atoms with Crippen LogP contribution in [0.3, 0.4) is 0 Å². The Morgan fingerprint density at radius 3 is 2.76 bits per heavy atom. The van der Waals surface area contributed by atoms with E-state index in [0.29, 0.717) is 12.8 Å². The molecule has 0 fully saturated rings. The summed E-state index contributed by atoms with van der Waals surface area (Å²) in [4.78, 5) is 23.5. The van der Waals surface area contributed by atoms with Crippen molar-refractivity contribution in [2.75, 3.05) is 5.32 Å². The van der Waals surface area contributed by atoms with E-state index in [4.69, 9.17) is 0 Å². The zero-order valence-corrected chi connectivity index (χ0v) is 12.3. The van der Waals surface area contributed by atoms with E-state index in [2.05, 4.69) is 22.8 Å². The molecule has 0 aromatic heterocycles. The van der Waals surface area contributed by atoms with Crippen LogP contribution in [0.2, 0.25) is 0 Å². The summed E-state index contributed by atoms with van der Waals surface area (Å²) in [5, 5.41) is 7.09. The van der Waals surface area contributed by atoms with E-state index in [9.17, 15) is 9.59 Å². The Morgan fingerprint density at radius 2 is 2.10 bits per heavy atom. The predicted octanol–water partition coefficient (Wildman–Crippen LogP) is 2.31. The van der Waals surface area contributed by atoms with Gasteiger partial charge in [0.1, 0.15) is 0 Å². The molecular formula is C16H19N3O2. The molecule has 110 valence electrons. The lowest BCUT2D eigenvalue weighted by molar-refractivity contribution is -0.121. The van der Waals surface area contributed by atoms with Gasteiger partial charge in [0.05, 0.1) is 11.1 Å². The van der Waals surface area contributed by atoms with Crippen LogP contribution < -0.4 is 10.7 Å². The summed E-state index contributed by atoms with van der Waals surface area (Å²) in [5.74, 6) is 0.0166. The molecule has 5 nitrogen and oxygen atoms in total. The van der Waals surface area contributed by atoms with Crippen molar-refractivity contribution in [3.05, 3.63) is 29.3 Å². The molecule has 3 rings (SSSR count). The number of hydrazone groups is 1. The zero-order valence-electron chi connectivity index (χ0n) is 12.3. The van der Waals surface area contributed by atoms with Crippen molar-refractivity contribution in [2.45, 2.75) is 44.9 Å². The number of amides is 2. The number of anilines is 1. The van der Waals surface area contributed by atoms with Gasteiger partial charge in [-0.3, -0.25) is 9.59 Å². The third-order valence-electron chi connectivity index (χ3n) is 4.35. The molecule has 0 radical (unpaired) electrons. The van der Waals surface area contributed by atoms with Crippen molar-refractivity contribution in [3.63, 3.8) is 0 Å². The number of fused-ring (bicyclic) bond motifs is 1. The molecule has 5 heteroatoms. The predicted molar refractivity (Wildman–Crippen MR) is 81.2 cm³/mol. The van der Waals surface area contributed by atoms with Gasteiger partial charge in [0, 0.05) is 18.5 Å². The number of hydrogen-bond acceptors (Lipinski definition) is 3. The van der Waals surface area contributed by atoms with Crippen LogP contribution in [0.1, 0.15) is 50.7 Å². The normalized spacial score (nSPS) is 24.2. The van der Waals surface area contributed by atoms with Crippen LogP contribution in [0, 0.1) is 0 Å². The van der Waals surface area contributed by atoms with Gasteiger partial charge >= 0.3 is 0 Å². The molecule has 2 aliphatic heterocycles. The van der Waals surface area contributed by atoms with Crippen LogP contribution in [0.4, 0.5) is 5.69 Å². The Labute approximate surface area is 123 Å². The van der Waals surface area contributed by atoms with Crippen LogP contribution in [0.5, 0.6) is 0 Å². The lowest BCUT2D eigenvalue weighted by atomic mass is 9.79. The lowest BCUT2D eigenvalue weighted by Gasteiger charge is -2.22. The zero-order chi connectivity index (χ0) is 15.0. The van der Waals surface area contributed by atoms with Crippen LogP contribution >= 0.6 is 0 Å². The first-order valence-electron chi connectivity index (χ1n) is 7.36. The Morgan fingerprint density at radius 1 is 1.29 bits per heavy atom. The van der Waals surface area contributed by atoms with Crippen molar-refractivity contribution in [3.8, 4) is 0 Å². The summed E-state index contributed by atoms with van der Waals surface area (Å²) in [7, 11) is 0. The average Bonchev–Trinajstić information content (AvgIpc) is 2.72. The standard InChI is InChI=1S/C16H19N3O2/c1-3-8-16(2)11-9-10(4-5-13(11)17-15(16)21)12-6-7-14(20)19-18-12/h4-5,9H,3,6-8H2,1-2H3,(H,17,21)(H,19,20). The maximum absolute atomic E-state index is 12.3. The van der Waals surface area contributed by atoms with Crippen LogP contribution in [-0.2, 0) is 15.0 Å². The minimum Gasteiger partial charge on any atom is -0.325 e. The summed E-state index contributed by atoms with van der Waals surface area (Å²) in [5.41, 5.74) is 5.82. The van der Waals surface area contributed by atoms with E-state index in [-0.39, 0.29) is 11.8 Å². The molecular weight excluding hydrogens is 266 g/mol. The maximum Gasteiger partial charge on any atom is 0.240 e. The first kappa shape index (κ1) is 13.8. The van der Waals surface area contributed by atoms with Crippen molar-refractivity contribution in [1.82, 2.24) is 5.43 Å². The van der Waals surface area contributed by atoms with E-state index in [1.807, 2.05) is 25.1 Å². The van der Waals surface area contributed by atoms with Crippen molar-refractivity contribution >= 4 is 23.2 Å². The molecule has 2 heterocycles. The molecule has 2 N–H and O–H groups in total. The maximum atomic E-state index is 12.3. The van der Waals surface area contributed by atoms with Gasteiger partial charge < -0.3 is 5.32 Å². The van der Waals surface area contributed by atoms with Gasteiger partial charge in [-0.1, -0.05) is 19.4 Å². The molecule has 0 aliphatic carbocycles. The molecule has 0 bridgehead atoms. The van der Waals surface area contributed by atoms with Crippen LogP contribution in [-0.4, -0.2) is 17.5 Å². The molecule has 2 amide bonds. The van der Waals surface area contributed by atoms with Gasteiger partial charge in [0.2, 0.25) is 11.8 Å². The number of benzene rings is 1. The number of rotatable bonds is 3. The van der Waals surface area contributed by atoms with E-state index in [1.54, 1.807) is 0 Å². The van der Waals surface area contributed by atoms with Crippen molar-refractivity contribution in [2.24, 2.45) is 5.10 Å². The second-order valence-electron chi connectivity index (χ2n) is 5.89. The van der Waals surface area contributed by atoms with E-state index < -0.39 is 5.41 Å². The lowest BCUT2D eigenvalue weighted by Crippen LogP contribution is -2.31. The monoisotopic (exact) mass is 285 g/mol. The minimum absolute atomic E-state index is 0.0485. The molecule has 1 aromatic carbocycles. The number of nitrogens with zero attached hydrogens (tertiary/aromatic N) is 1. The van der Waals surface area contributed by atoms with Gasteiger partial charge in [0.25, 0.3) is 0 Å². The molecule has 0 spiro atoms. The highest BCUT2D eigenvalue weighted by atomic mass is 16.2. The van der Waals surface area contributed by atoms with Crippen LogP contribution in [0.25, 0.3) is 0 Å². The quantitative estimate of drug-likeness (QED) is 0.894. The highest BCUT2D eigenvalue weighted by Gasteiger charge is 2.41. The Balaban J connectivity index is 2.00. The number of carbonyl (C=O) groups is 2. The summed E-state index contributed by atoms with van der Waals surface area (Å²) in [6, 6.07) is 5.93. The summed E-state index contributed by atoms with van der Waals surface area (Å²) < 4.78 is 0. The number of hydrogen-bond donors (Lipinski definition) is 2. The molecule has 0 saturated heterocycles. The molecule has 1 aromatic rings. The fourth-order valence-electron chi connectivity index (χ4n) is 3.10. The minimum atomic E-state index is -0.474. The largest absolute Gasteiger partial charge is 0.325 e. The molecule has 0 saturated carbocycles. The SMILES string of the molecule is CCCC1(C)C(=O)Nc2ccc(C3=NNC(=O)CC3)cc21. The second kappa shape index (κ2) is 4.98. The van der Waals surface area contributed by atoms with E-state index >= 15 is 0 Å². The average molecular weight is 285 g/mol. The first-order chi connectivity index (χ1) is 10.0. The van der Waals surface area contributed by atoms with Gasteiger partial charge in [-0.15, -0.1) is 0 Å². The van der Waals surface area contributed by atoms with E-state index in [0.717, 1.165) is 35.4 Å². The number of nitrogens with one attached hydrogen (secondary N) is 2. The fraction of sp³-hybridized carbons (Fsp3) is 0.438. The third kappa shape index (κ3) is 2.22. The summed E-state index contributed by atoms with van der Waals surface area (Å²) >= 11 is 0. The highest BCUT2D eigenvalue weighted by Crippen LogP contribution is 2.41. The van der Waals surface area contributed by atoms with Gasteiger partial charge in [0.15, 0.2) is 0 Å². The smallest absolute Gasteiger partial charge is 0.240 e. The Hall–Kier alpha value is -2.17. The molecule has 1 atom stereocenters. The Bertz CT molecular complexity index is 651. The van der Waals surface area contributed by atoms with Crippen LogP contribution in [0.15, 0.2) is 23.3 Å². The van der Waals surface area contributed by atoms with Crippen molar-refractivity contribution in [1.29, 1.82) is 0 Å². The first-order valence-corrected chi connectivity index (χ1v) is 7.36. The summed E-state index contributed by atoms with van der Waals surface area (Å²) in [6.07, 6.45) is 2.86. The van der Waals surface area contributed by atoms with E-state index in [1.165, 1.54) is 0 Å².